The molecule has 0 radical (unpaired) electrons. The number of primary amides is 1. The van der Waals surface area contributed by atoms with Crippen LogP contribution in [0.1, 0.15) is 32.6 Å². The highest BCUT2D eigenvalue weighted by molar-refractivity contribution is 5.84. The van der Waals surface area contributed by atoms with E-state index in [1.807, 2.05) is 6.92 Å². The molecular formula is C14H30N4O. The summed E-state index contributed by atoms with van der Waals surface area (Å²) in [4.78, 5) is 16.2. The number of hydrogen-bond donors (Lipinski definition) is 2. The molecule has 1 amide bonds. The molecule has 1 rings (SSSR count). The van der Waals surface area contributed by atoms with E-state index in [9.17, 15) is 4.79 Å². The zero-order chi connectivity index (χ0) is 14.5. The maximum atomic E-state index is 11.4. The molecule has 1 fully saturated rings. The van der Waals surface area contributed by atoms with Gasteiger partial charge in [0, 0.05) is 12.6 Å². The number of nitrogens with zero attached hydrogens (tertiary/aromatic N) is 2. The predicted molar refractivity (Wildman–Crippen MR) is 79.0 cm³/mol. The van der Waals surface area contributed by atoms with Crippen molar-refractivity contribution in [2.24, 2.45) is 5.73 Å². The summed E-state index contributed by atoms with van der Waals surface area (Å²) in [6, 6.07) is 0.692. The highest BCUT2D eigenvalue weighted by Crippen LogP contribution is 2.16. The van der Waals surface area contributed by atoms with Gasteiger partial charge in [0.2, 0.25) is 5.91 Å². The molecule has 0 aromatic heterocycles. The summed E-state index contributed by atoms with van der Waals surface area (Å²) in [5.74, 6) is -0.270. The Morgan fingerprint density at radius 2 is 2.26 bits per heavy atom. The van der Waals surface area contributed by atoms with Crippen molar-refractivity contribution >= 4 is 5.91 Å². The smallest absolute Gasteiger partial charge is 0.237 e. The van der Waals surface area contributed by atoms with Crippen molar-refractivity contribution in [3.63, 3.8) is 0 Å². The zero-order valence-electron chi connectivity index (χ0n) is 12.9. The van der Waals surface area contributed by atoms with E-state index in [0.717, 1.165) is 25.9 Å². The lowest BCUT2D eigenvalue weighted by molar-refractivity contribution is -0.123. The van der Waals surface area contributed by atoms with Gasteiger partial charge in [0.15, 0.2) is 0 Å². The lowest BCUT2D eigenvalue weighted by Gasteiger charge is -2.28. The standard InChI is InChI=1S/C14H30N4O/c1-14(16-2,13(15)19)8-6-9-17(3)11-12-7-5-10-18(12)4/h12,16H,5-11H2,1-4H3,(H2,15,19). The average Bonchev–Trinajstić information content (AvgIpc) is 2.74. The average molecular weight is 270 g/mol. The quantitative estimate of drug-likeness (QED) is 0.664. The second kappa shape index (κ2) is 7.22. The number of carbonyl (C=O) groups excluding carboxylic acids is 1. The number of amides is 1. The van der Waals surface area contributed by atoms with Crippen molar-refractivity contribution in [3.05, 3.63) is 0 Å². The van der Waals surface area contributed by atoms with E-state index < -0.39 is 5.54 Å². The molecule has 0 aliphatic carbocycles. The minimum absolute atomic E-state index is 0.270. The first kappa shape index (κ1) is 16.4. The number of nitrogens with one attached hydrogen (secondary N) is 1. The normalized spacial score (nSPS) is 23.7. The van der Waals surface area contributed by atoms with Gasteiger partial charge in [-0.15, -0.1) is 0 Å². The molecule has 1 aliphatic rings. The number of carbonyl (C=O) groups is 1. The fourth-order valence-electron chi connectivity index (χ4n) is 2.73. The van der Waals surface area contributed by atoms with Crippen molar-refractivity contribution in [2.45, 2.75) is 44.2 Å². The van der Waals surface area contributed by atoms with Crippen LogP contribution >= 0.6 is 0 Å². The van der Waals surface area contributed by atoms with Crippen LogP contribution in [0.2, 0.25) is 0 Å². The molecule has 0 bridgehead atoms. The number of hydrogen-bond acceptors (Lipinski definition) is 4. The van der Waals surface area contributed by atoms with Crippen LogP contribution in [0, 0.1) is 0 Å². The first-order valence-corrected chi connectivity index (χ1v) is 7.26. The molecule has 5 heteroatoms. The topological polar surface area (TPSA) is 61.6 Å². The molecule has 1 aliphatic heterocycles. The summed E-state index contributed by atoms with van der Waals surface area (Å²) < 4.78 is 0. The van der Waals surface area contributed by atoms with Gasteiger partial charge in [0.1, 0.15) is 0 Å². The Labute approximate surface area is 117 Å². The summed E-state index contributed by atoms with van der Waals surface area (Å²) in [6.45, 7) is 5.22. The van der Waals surface area contributed by atoms with Gasteiger partial charge in [-0.2, -0.15) is 0 Å². The summed E-state index contributed by atoms with van der Waals surface area (Å²) in [7, 11) is 6.16. The third kappa shape index (κ3) is 4.75. The van der Waals surface area contributed by atoms with E-state index in [1.165, 1.54) is 19.4 Å². The minimum Gasteiger partial charge on any atom is -0.368 e. The van der Waals surface area contributed by atoms with Crippen molar-refractivity contribution < 1.29 is 4.79 Å². The van der Waals surface area contributed by atoms with Crippen LogP contribution in [0.15, 0.2) is 0 Å². The predicted octanol–water partition coefficient (Wildman–Crippen LogP) is 0.256. The molecule has 0 spiro atoms. The van der Waals surface area contributed by atoms with Crippen LogP contribution in [0.25, 0.3) is 0 Å². The Kier molecular flexibility index (Phi) is 6.23. The highest BCUT2D eigenvalue weighted by atomic mass is 16.1. The summed E-state index contributed by atoms with van der Waals surface area (Å²) >= 11 is 0. The third-order valence-corrected chi connectivity index (χ3v) is 4.51. The van der Waals surface area contributed by atoms with E-state index in [4.69, 9.17) is 5.73 Å². The lowest BCUT2D eigenvalue weighted by Crippen LogP contribution is -2.51. The largest absolute Gasteiger partial charge is 0.368 e. The molecule has 19 heavy (non-hydrogen) atoms. The fourth-order valence-corrected chi connectivity index (χ4v) is 2.73. The van der Waals surface area contributed by atoms with Crippen LogP contribution in [0.4, 0.5) is 0 Å². The van der Waals surface area contributed by atoms with Gasteiger partial charge in [-0.25, -0.2) is 0 Å². The van der Waals surface area contributed by atoms with Crippen LogP contribution in [-0.2, 0) is 4.79 Å². The third-order valence-electron chi connectivity index (χ3n) is 4.51. The van der Waals surface area contributed by atoms with Gasteiger partial charge in [-0.1, -0.05) is 0 Å². The number of rotatable bonds is 8. The summed E-state index contributed by atoms with van der Waals surface area (Å²) in [5, 5.41) is 3.03. The van der Waals surface area contributed by atoms with Crippen LogP contribution < -0.4 is 11.1 Å². The second-order valence-electron chi connectivity index (χ2n) is 6.09. The van der Waals surface area contributed by atoms with Crippen molar-refractivity contribution in [1.29, 1.82) is 0 Å². The molecule has 0 saturated carbocycles. The molecule has 2 unspecified atom stereocenters. The molecule has 0 aromatic carbocycles. The molecule has 112 valence electrons. The van der Waals surface area contributed by atoms with Crippen LogP contribution in [-0.4, -0.2) is 68.1 Å². The SMILES string of the molecule is CNC(C)(CCCN(C)CC1CCCN1C)C(N)=O. The van der Waals surface area contributed by atoms with E-state index in [0.29, 0.717) is 6.04 Å². The van der Waals surface area contributed by atoms with Crippen LogP contribution in [0.3, 0.4) is 0 Å². The van der Waals surface area contributed by atoms with Crippen LogP contribution in [0.5, 0.6) is 0 Å². The van der Waals surface area contributed by atoms with Crippen molar-refractivity contribution in [3.8, 4) is 0 Å². The molecule has 0 aromatic rings. The number of likely N-dealkylation sites (N-methyl/N-ethyl adjacent to an activating group) is 3. The fraction of sp³-hybridized carbons (Fsp3) is 0.929. The van der Waals surface area contributed by atoms with Gasteiger partial charge < -0.3 is 20.9 Å². The maximum absolute atomic E-state index is 11.4. The molecule has 2 atom stereocenters. The monoisotopic (exact) mass is 270 g/mol. The summed E-state index contributed by atoms with van der Waals surface area (Å²) in [5.41, 5.74) is 4.85. The Hall–Kier alpha value is -0.650. The molecule has 5 nitrogen and oxygen atoms in total. The second-order valence-corrected chi connectivity index (χ2v) is 6.09. The summed E-state index contributed by atoms with van der Waals surface area (Å²) in [6.07, 6.45) is 4.38. The molecule has 1 heterocycles. The van der Waals surface area contributed by atoms with Gasteiger partial charge in [-0.05, 0) is 66.8 Å². The lowest BCUT2D eigenvalue weighted by atomic mass is 9.95. The maximum Gasteiger partial charge on any atom is 0.237 e. The molecule has 3 N–H and O–H groups in total. The number of likely N-dealkylation sites (tertiary alicyclic amines) is 1. The van der Waals surface area contributed by atoms with Crippen molar-refractivity contribution in [1.82, 2.24) is 15.1 Å². The van der Waals surface area contributed by atoms with Gasteiger partial charge in [0.05, 0.1) is 5.54 Å². The molecular weight excluding hydrogens is 240 g/mol. The van der Waals surface area contributed by atoms with E-state index >= 15 is 0 Å². The molecule has 1 saturated heterocycles. The Morgan fingerprint density at radius 3 is 2.74 bits per heavy atom. The first-order valence-electron chi connectivity index (χ1n) is 7.26. The number of nitrogens with two attached hydrogens (primary N) is 1. The van der Waals surface area contributed by atoms with Gasteiger partial charge >= 0.3 is 0 Å². The Bertz CT molecular complexity index is 297. The zero-order valence-corrected chi connectivity index (χ0v) is 12.9. The Morgan fingerprint density at radius 1 is 1.58 bits per heavy atom. The van der Waals surface area contributed by atoms with E-state index in [-0.39, 0.29) is 5.91 Å². The van der Waals surface area contributed by atoms with Gasteiger partial charge in [0.25, 0.3) is 0 Å². The first-order chi connectivity index (χ1) is 8.89. The highest BCUT2D eigenvalue weighted by Gasteiger charge is 2.28. The Balaban J connectivity index is 2.26. The van der Waals surface area contributed by atoms with Gasteiger partial charge in [-0.3, -0.25) is 4.79 Å². The van der Waals surface area contributed by atoms with Crippen molar-refractivity contribution in [2.75, 3.05) is 40.8 Å². The van der Waals surface area contributed by atoms with E-state index in [1.54, 1.807) is 7.05 Å². The van der Waals surface area contributed by atoms with E-state index in [2.05, 4.69) is 29.2 Å². The minimum atomic E-state index is -0.578.